The molecule has 100 valence electrons. The van der Waals surface area contributed by atoms with Crippen molar-refractivity contribution in [3.63, 3.8) is 0 Å². The first-order valence-electron chi connectivity index (χ1n) is 6.11. The molecule has 0 atom stereocenters. The Kier molecular flexibility index (Phi) is 4.48. The number of aromatic nitrogens is 1. The predicted octanol–water partition coefficient (Wildman–Crippen LogP) is 1.70. The predicted molar refractivity (Wildman–Crippen MR) is 77.4 cm³/mol. The Morgan fingerprint density at radius 2 is 2.05 bits per heavy atom. The number of para-hydroxylation sites is 1. The van der Waals surface area contributed by atoms with E-state index in [1.165, 1.54) is 6.20 Å². The summed E-state index contributed by atoms with van der Waals surface area (Å²) in [5, 5.41) is 8.75. The van der Waals surface area contributed by atoms with Crippen LogP contribution in [0.15, 0.2) is 48.8 Å². The summed E-state index contributed by atoms with van der Waals surface area (Å²) in [5.74, 6) is 5.11. The smallest absolute Gasteiger partial charge is 0.259 e. The quantitative estimate of drug-likeness (QED) is 0.842. The minimum absolute atomic E-state index is 0.166. The molecule has 2 aromatic rings. The minimum Gasteiger partial charge on any atom is -0.384 e. The fraction of sp³-hybridized carbons (Fsp3) is 0.125. The molecule has 2 rings (SSSR count). The molecular formula is C16H14N2O2. The van der Waals surface area contributed by atoms with Crippen LogP contribution in [-0.4, -0.2) is 29.7 Å². The van der Waals surface area contributed by atoms with Gasteiger partial charge in [0.2, 0.25) is 0 Å². The van der Waals surface area contributed by atoms with Gasteiger partial charge in [-0.15, -0.1) is 0 Å². The molecule has 0 aliphatic carbocycles. The molecule has 0 aliphatic heterocycles. The van der Waals surface area contributed by atoms with Crippen molar-refractivity contribution in [1.82, 2.24) is 4.98 Å². The lowest BCUT2D eigenvalue weighted by Gasteiger charge is -2.17. The van der Waals surface area contributed by atoms with Gasteiger partial charge in [-0.05, 0) is 18.2 Å². The van der Waals surface area contributed by atoms with Crippen molar-refractivity contribution in [3.05, 3.63) is 59.9 Å². The van der Waals surface area contributed by atoms with E-state index in [-0.39, 0.29) is 12.5 Å². The molecule has 1 amide bonds. The second-order valence-electron chi connectivity index (χ2n) is 4.08. The Morgan fingerprint density at radius 1 is 1.30 bits per heavy atom. The third-order valence-corrected chi connectivity index (χ3v) is 2.80. The lowest BCUT2D eigenvalue weighted by molar-refractivity contribution is 0.0992. The van der Waals surface area contributed by atoms with Crippen molar-refractivity contribution >= 4 is 11.6 Å². The molecule has 0 saturated heterocycles. The Labute approximate surface area is 117 Å². The van der Waals surface area contributed by atoms with E-state index in [4.69, 9.17) is 5.11 Å². The maximum absolute atomic E-state index is 12.5. The molecule has 0 fully saturated rings. The highest BCUT2D eigenvalue weighted by Gasteiger charge is 2.16. The topological polar surface area (TPSA) is 53.4 Å². The number of anilines is 1. The molecular weight excluding hydrogens is 252 g/mol. The molecule has 1 heterocycles. The zero-order valence-corrected chi connectivity index (χ0v) is 11.1. The van der Waals surface area contributed by atoms with E-state index in [0.717, 1.165) is 5.69 Å². The molecule has 0 unspecified atom stereocenters. The van der Waals surface area contributed by atoms with Crippen molar-refractivity contribution in [2.24, 2.45) is 0 Å². The molecule has 20 heavy (non-hydrogen) atoms. The summed E-state index contributed by atoms with van der Waals surface area (Å²) in [6.45, 7) is -0.253. The van der Waals surface area contributed by atoms with Crippen LogP contribution in [-0.2, 0) is 0 Å². The second kappa shape index (κ2) is 6.50. The first-order valence-corrected chi connectivity index (χ1v) is 6.11. The number of rotatable bonds is 2. The average molecular weight is 266 g/mol. The number of benzene rings is 1. The number of aliphatic hydroxyl groups is 1. The maximum Gasteiger partial charge on any atom is 0.259 e. The van der Waals surface area contributed by atoms with Crippen LogP contribution in [0.2, 0.25) is 0 Å². The third kappa shape index (κ3) is 3.02. The van der Waals surface area contributed by atoms with Gasteiger partial charge in [-0.2, -0.15) is 0 Å². The van der Waals surface area contributed by atoms with Gasteiger partial charge in [0.15, 0.2) is 0 Å². The molecule has 4 nitrogen and oxygen atoms in total. The molecule has 0 bridgehead atoms. The van der Waals surface area contributed by atoms with Crippen LogP contribution >= 0.6 is 0 Å². The van der Waals surface area contributed by atoms with Crippen LogP contribution in [0.1, 0.15) is 15.9 Å². The Hall–Kier alpha value is -2.64. The van der Waals surface area contributed by atoms with Crippen molar-refractivity contribution in [1.29, 1.82) is 0 Å². The number of hydrogen-bond donors (Lipinski definition) is 1. The fourth-order valence-electron chi connectivity index (χ4n) is 1.76. The summed E-state index contributed by atoms with van der Waals surface area (Å²) in [6, 6.07) is 11.0. The largest absolute Gasteiger partial charge is 0.384 e. The molecule has 0 aliphatic rings. The number of carbonyl (C=O) groups is 1. The second-order valence-corrected chi connectivity index (χ2v) is 4.08. The van der Waals surface area contributed by atoms with Gasteiger partial charge in [-0.25, -0.2) is 0 Å². The number of hydrogen-bond acceptors (Lipinski definition) is 3. The van der Waals surface area contributed by atoms with E-state index < -0.39 is 0 Å². The van der Waals surface area contributed by atoms with Crippen LogP contribution in [0.25, 0.3) is 0 Å². The SMILES string of the molecule is CN(C(=O)c1ccncc1C#CCO)c1ccccc1. The molecule has 1 aromatic carbocycles. The number of carbonyl (C=O) groups excluding carboxylic acids is 1. The molecule has 1 N–H and O–H groups in total. The van der Waals surface area contributed by atoms with Crippen molar-refractivity contribution in [3.8, 4) is 11.8 Å². The summed E-state index contributed by atoms with van der Waals surface area (Å²) < 4.78 is 0. The lowest BCUT2D eigenvalue weighted by Crippen LogP contribution is -2.27. The number of aliphatic hydroxyl groups excluding tert-OH is 1. The first kappa shape index (κ1) is 13.8. The van der Waals surface area contributed by atoms with Gasteiger partial charge in [-0.3, -0.25) is 9.78 Å². The highest BCUT2D eigenvalue weighted by Crippen LogP contribution is 2.16. The van der Waals surface area contributed by atoms with Gasteiger partial charge in [0.1, 0.15) is 6.61 Å². The van der Waals surface area contributed by atoms with Crippen LogP contribution in [0.5, 0.6) is 0 Å². The number of pyridine rings is 1. The maximum atomic E-state index is 12.5. The van der Waals surface area contributed by atoms with Crippen LogP contribution < -0.4 is 4.90 Å². The van der Waals surface area contributed by atoms with Crippen molar-refractivity contribution in [2.75, 3.05) is 18.6 Å². The average Bonchev–Trinajstić information content (AvgIpc) is 2.52. The summed E-state index contributed by atoms with van der Waals surface area (Å²) >= 11 is 0. The lowest BCUT2D eigenvalue weighted by atomic mass is 10.1. The minimum atomic E-state index is -0.253. The fourth-order valence-corrected chi connectivity index (χ4v) is 1.76. The first-order chi connectivity index (χ1) is 9.74. The van der Waals surface area contributed by atoms with Gasteiger partial charge < -0.3 is 10.0 Å². The summed E-state index contributed by atoms with van der Waals surface area (Å²) in [7, 11) is 1.71. The third-order valence-electron chi connectivity index (χ3n) is 2.80. The normalized spacial score (nSPS) is 9.50. The van der Waals surface area contributed by atoms with Gasteiger partial charge >= 0.3 is 0 Å². The van der Waals surface area contributed by atoms with E-state index >= 15 is 0 Å². The number of nitrogens with zero attached hydrogens (tertiary/aromatic N) is 2. The van der Waals surface area contributed by atoms with E-state index in [2.05, 4.69) is 16.8 Å². The number of amides is 1. The van der Waals surface area contributed by atoms with E-state index in [1.807, 2.05) is 30.3 Å². The molecule has 0 spiro atoms. The molecule has 0 saturated carbocycles. The summed E-state index contributed by atoms with van der Waals surface area (Å²) in [6.07, 6.45) is 3.07. The van der Waals surface area contributed by atoms with Gasteiger partial charge in [0, 0.05) is 25.1 Å². The summed E-state index contributed by atoms with van der Waals surface area (Å²) in [4.78, 5) is 18.0. The van der Waals surface area contributed by atoms with Crippen molar-refractivity contribution in [2.45, 2.75) is 0 Å². The highest BCUT2D eigenvalue weighted by atomic mass is 16.2. The van der Waals surface area contributed by atoms with Crippen LogP contribution in [0, 0.1) is 11.8 Å². The van der Waals surface area contributed by atoms with E-state index in [9.17, 15) is 4.79 Å². The standard InChI is InChI=1S/C16H14N2O2/c1-18(14-7-3-2-4-8-14)16(20)15-9-10-17-12-13(15)6-5-11-19/h2-4,7-10,12,19H,11H2,1H3. The molecule has 4 heteroatoms. The zero-order chi connectivity index (χ0) is 14.4. The van der Waals surface area contributed by atoms with Gasteiger partial charge in [0.05, 0.1) is 11.1 Å². The summed E-state index contributed by atoms with van der Waals surface area (Å²) in [5.41, 5.74) is 1.78. The van der Waals surface area contributed by atoms with Gasteiger partial charge in [0.25, 0.3) is 5.91 Å². The monoisotopic (exact) mass is 266 g/mol. The Morgan fingerprint density at radius 3 is 2.75 bits per heavy atom. The van der Waals surface area contributed by atoms with Crippen molar-refractivity contribution < 1.29 is 9.90 Å². The van der Waals surface area contributed by atoms with E-state index in [0.29, 0.717) is 11.1 Å². The highest BCUT2D eigenvalue weighted by molar-refractivity contribution is 6.07. The van der Waals surface area contributed by atoms with E-state index in [1.54, 1.807) is 24.2 Å². The Balaban J connectivity index is 2.34. The Bertz CT molecular complexity index is 657. The van der Waals surface area contributed by atoms with Crippen LogP contribution in [0.3, 0.4) is 0 Å². The zero-order valence-electron chi connectivity index (χ0n) is 11.1. The van der Waals surface area contributed by atoms with Gasteiger partial charge in [-0.1, -0.05) is 30.0 Å². The molecule has 0 radical (unpaired) electrons. The molecule has 1 aromatic heterocycles. The van der Waals surface area contributed by atoms with Crippen LogP contribution in [0.4, 0.5) is 5.69 Å².